The van der Waals surface area contributed by atoms with Gasteiger partial charge in [0.25, 0.3) is 0 Å². The molecular formula is C18H26O5. The minimum atomic E-state index is -1.01. The van der Waals surface area contributed by atoms with Gasteiger partial charge in [-0.05, 0) is 44.4 Å². The summed E-state index contributed by atoms with van der Waals surface area (Å²) in [6.07, 6.45) is 3.25. The number of aromatic hydroxyl groups is 1. The summed E-state index contributed by atoms with van der Waals surface area (Å²) in [5.41, 5.74) is 0.292. The molecule has 1 heterocycles. The minimum absolute atomic E-state index is 0.0199. The number of aliphatic carboxylic acids is 1. The lowest BCUT2D eigenvalue weighted by Gasteiger charge is -2.41. The van der Waals surface area contributed by atoms with E-state index in [1.54, 1.807) is 19.9 Å². The van der Waals surface area contributed by atoms with Crippen LogP contribution in [0.1, 0.15) is 63.7 Å². The van der Waals surface area contributed by atoms with Gasteiger partial charge in [0.05, 0.1) is 17.6 Å². The molecule has 0 bridgehead atoms. The first-order chi connectivity index (χ1) is 10.8. The summed E-state index contributed by atoms with van der Waals surface area (Å²) < 4.78 is 5.94. The number of carboxylic acid groups (broad SMARTS) is 1. The zero-order valence-corrected chi connectivity index (χ0v) is 14.0. The Kier molecular flexibility index (Phi) is 5.19. The van der Waals surface area contributed by atoms with Crippen LogP contribution in [0.15, 0.2) is 12.1 Å². The molecule has 3 atom stereocenters. The van der Waals surface area contributed by atoms with Gasteiger partial charge in [0.1, 0.15) is 17.1 Å². The smallest absolute Gasteiger partial charge is 0.310 e. The molecule has 128 valence electrons. The Balaban J connectivity index is 2.32. The molecule has 5 heteroatoms. The molecule has 0 amide bonds. The van der Waals surface area contributed by atoms with Crippen LogP contribution in [0.2, 0.25) is 0 Å². The Morgan fingerprint density at radius 1 is 1.43 bits per heavy atom. The summed E-state index contributed by atoms with van der Waals surface area (Å²) >= 11 is 0. The number of hydrogen-bond acceptors (Lipinski definition) is 4. The van der Waals surface area contributed by atoms with E-state index in [0.29, 0.717) is 11.3 Å². The third-order valence-electron chi connectivity index (χ3n) is 4.81. The van der Waals surface area contributed by atoms with Crippen LogP contribution in [0.4, 0.5) is 0 Å². The van der Waals surface area contributed by atoms with Crippen molar-refractivity contribution >= 4 is 5.97 Å². The Bertz CT molecular complexity index is 583. The molecule has 0 saturated carbocycles. The van der Waals surface area contributed by atoms with Crippen LogP contribution in [-0.4, -0.2) is 26.9 Å². The number of phenolic OH excluding ortho intramolecular Hbond substituents is 1. The molecule has 1 aromatic carbocycles. The average molecular weight is 322 g/mol. The second-order valence-corrected chi connectivity index (χ2v) is 6.68. The van der Waals surface area contributed by atoms with Gasteiger partial charge in [-0.3, -0.25) is 4.79 Å². The van der Waals surface area contributed by atoms with E-state index < -0.39 is 23.6 Å². The summed E-state index contributed by atoms with van der Waals surface area (Å²) in [4.78, 5) is 11.3. The van der Waals surface area contributed by atoms with E-state index in [4.69, 9.17) is 4.74 Å². The SMILES string of the molecule is CCCCCc1cc(O)c2c(c1)O[C@@](C)(C(C)C(=O)O)CC2O. The van der Waals surface area contributed by atoms with Gasteiger partial charge in [-0.2, -0.15) is 0 Å². The first-order valence-electron chi connectivity index (χ1n) is 8.24. The highest BCUT2D eigenvalue weighted by atomic mass is 16.5. The van der Waals surface area contributed by atoms with E-state index in [9.17, 15) is 20.1 Å². The first kappa shape index (κ1) is 17.6. The molecular weight excluding hydrogens is 296 g/mol. The molecule has 3 N–H and O–H groups in total. The van der Waals surface area contributed by atoms with Gasteiger partial charge in [0.15, 0.2) is 0 Å². The Hall–Kier alpha value is -1.75. The molecule has 5 nitrogen and oxygen atoms in total. The lowest BCUT2D eigenvalue weighted by Crippen LogP contribution is -2.47. The molecule has 1 aromatic rings. The summed E-state index contributed by atoms with van der Waals surface area (Å²) in [6.45, 7) is 5.40. The second kappa shape index (κ2) is 6.79. The predicted molar refractivity (Wildman–Crippen MR) is 86.7 cm³/mol. The van der Waals surface area contributed by atoms with Gasteiger partial charge in [-0.15, -0.1) is 0 Å². The van der Waals surface area contributed by atoms with Crippen LogP contribution in [-0.2, 0) is 11.2 Å². The number of phenols is 1. The van der Waals surface area contributed by atoms with Crippen LogP contribution in [0, 0.1) is 5.92 Å². The number of fused-ring (bicyclic) bond motifs is 1. The van der Waals surface area contributed by atoms with Crippen molar-refractivity contribution in [2.45, 2.75) is 64.6 Å². The van der Waals surface area contributed by atoms with Gasteiger partial charge < -0.3 is 20.1 Å². The summed E-state index contributed by atoms with van der Waals surface area (Å²) in [5.74, 6) is -1.32. The van der Waals surface area contributed by atoms with Crippen molar-refractivity contribution in [3.63, 3.8) is 0 Å². The van der Waals surface area contributed by atoms with Crippen LogP contribution >= 0.6 is 0 Å². The third kappa shape index (κ3) is 3.61. The molecule has 23 heavy (non-hydrogen) atoms. The number of aliphatic hydroxyl groups is 1. The van der Waals surface area contributed by atoms with E-state index in [1.165, 1.54) is 0 Å². The van der Waals surface area contributed by atoms with E-state index in [0.717, 1.165) is 31.2 Å². The van der Waals surface area contributed by atoms with Crippen molar-refractivity contribution in [3.8, 4) is 11.5 Å². The highest BCUT2D eigenvalue weighted by Crippen LogP contribution is 2.47. The highest BCUT2D eigenvalue weighted by Gasteiger charge is 2.45. The molecule has 2 unspecified atom stereocenters. The lowest BCUT2D eigenvalue weighted by atomic mass is 9.81. The topological polar surface area (TPSA) is 87.0 Å². The largest absolute Gasteiger partial charge is 0.507 e. The van der Waals surface area contributed by atoms with Gasteiger partial charge in [0, 0.05) is 6.42 Å². The lowest BCUT2D eigenvalue weighted by molar-refractivity contribution is -0.150. The predicted octanol–water partition coefficient (Wildman–Crippen LogP) is 3.42. The number of hydrogen-bond donors (Lipinski definition) is 3. The maximum absolute atomic E-state index is 11.3. The van der Waals surface area contributed by atoms with E-state index >= 15 is 0 Å². The standard InChI is InChI=1S/C18H26O5/c1-4-5-6-7-12-8-13(19)16-14(20)10-18(3,11(2)17(21)22)23-15(16)9-12/h8-9,11,14,19-20H,4-7,10H2,1-3H3,(H,21,22)/t11?,14?,18-/m1/s1. The van der Waals surface area contributed by atoms with Crippen LogP contribution in [0.3, 0.4) is 0 Å². The normalized spacial score (nSPS) is 24.6. The van der Waals surface area contributed by atoms with Crippen molar-refractivity contribution in [2.24, 2.45) is 5.92 Å². The molecule has 0 radical (unpaired) electrons. The number of benzene rings is 1. The maximum Gasteiger partial charge on any atom is 0.310 e. The quantitative estimate of drug-likeness (QED) is 0.699. The Morgan fingerprint density at radius 3 is 2.74 bits per heavy atom. The van der Waals surface area contributed by atoms with E-state index in [2.05, 4.69) is 6.92 Å². The first-order valence-corrected chi connectivity index (χ1v) is 8.24. The van der Waals surface area contributed by atoms with Gasteiger partial charge in [-0.1, -0.05) is 19.8 Å². The number of unbranched alkanes of at least 4 members (excludes halogenated alkanes) is 2. The number of aliphatic hydroxyl groups excluding tert-OH is 1. The van der Waals surface area contributed by atoms with Crippen molar-refractivity contribution in [2.75, 3.05) is 0 Å². The third-order valence-corrected chi connectivity index (χ3v) is 4.81. The Morgan fingerprint density at radius 2 is 2.13 bits per heavy atom. The molecule has 0 saturated heterocycles. The maximum atomic E-state index is 11.3. The zero-order chi connectivity index (χ0) is 17.2. The van der Waals surface area contributed by atoms with Crippen LogP contribution in [0.25, 0.3) is 0 Å². The monoisotopic (exact) mass is 322 g/mol. The molecule has 2 rings (SSSR count). The molecule has 0 aliphatic carbocycles. The van der Waals surface area contributed by atoms with Crippen molar-refractivity contribution < 1.29 is 24.9 Å². The highest BCUT2D eigenvalue weighted by molar-refractivity contribution is 5.71. The van der Waals surface area contributed by atoms with Gasteiger partial charge in [0.2, 0.25) is 0 Å². The average Bonchev–Trinajstić information content (AvgIpc) is 2.45. The molecule has 0 spiro atoms. The Labute approximate surface area is 136 Å². The fourth-order valence-corrected chi connectivity index (χ4v) is 3.12. The number of ether oxygens (including phenoxy) is 1. The van der Waals surface area contributed by atoms with E-state index in [-0.39, 0.29) is 12.2 Å². The summed E-state index contributed by atoms with van der Waals surface area (Å²) in [7, 11) is 0. The zero-order valence-electron chi connectivity index (χ0n) is 14.0. The fourth-order valence-electron chi connectivity index (χ4n) is 3.12. The summed E-state index contributed by atoms with van der Waals surface area (Å²) in [5, 5.41) is 29.9. The minimum Gasteiger partial charge on any atom is -0.507 e. The molecule has 1 aliphatic rings. The van der Waals surface area contributed by atoms with Crippen molar-refractivity contribution in [1.29, 1.82) is 0 Å². The van der Waals surface area contributed by atoms with Crippen LogP contribution in [0.5, 0.6) is 11.5 Å². The fraction of sp³-hybridized carbons (Fsp3) is 0.611. The van der Waals surface area contributed by atoms with Crippen molar-refractivity contribution in [3.05, 3.63) is 23.3 Å². The molecule has 0 fully saturated rings. The van der Waals surface area contributed by atoms with Gasteiger partial charge >= 0.3 is 5.97 Å². The van der Waals surface area contributed by atoms with E-state index in [1.807, 2.05) is 6.07 Å². The second-order valence-electron chi connectivity index (χ2n) is 6.68. The number of aryl methyl sites for hydroxylation is 1. The van der Waals surface area contributed by atoms with Crippen LogP contribution < -0.4 is 4.74 Å². The number of carboxylic acids is 1. The number of rotatable bonds is 6. The number of carbonyl (C=O) groups is 1. The molecule has 0 aromatic heterocycles. The molecule has 1 aliphatic heterocycles. The van der Waals surface area contributed by atoms with Gasteiger partial charge in [-0.25, -0.2) is 0 Å². The summed E-state index contributed by atoms with van der Waals surface area (Å²) in [6, 6.07) is 3.49. The van der Waals surface area contributed by atoms with Crippen molar-refractivity contribution in [1.82, 2.24) is 0 Å².